The molecule has 11 heavy (non-hydrogen) atoms. The van der Waals surface area contributed by atoms with E-state index in [0.717, 1.165) is 0 Å². The van der Waals surface area contributed by atoms with Crippen molar-refractivity contribution in [1.29, 1.82) is 0 Å². The molecule has 0 heterocycles. The molecule has 0 spiro atoms. The van der Waals surface area contributed by atoms with Gasteiger partial charge in [-0.05, 0) is 6.92 Å². The van der Waals surface area contributed by atoms with E-state index in [2.05, 4.69) is 25.3 Å². The van der Waals surface area contributed by atoms with Gasteiger partial charge in [0.1, 0.15) is 6.04 Å². The van der Waals surface area contributed by atoms with Crippen LogP contribution in [0.3, 0.4) is 0 Å². The Hall–Kier alpha value is 0.0900. The van der Waals surface area contributed by atoms with Crippen molar-refractivity contribution in [1.82, 2.24) is 0 Å². The molecule has 4 nitrogen and oxygen atoms in total. The first-order chi connectivity index (χ1) is 4.91. The van der Waals surface area contributed by atoms with Crippen LogP contribution in [-0.2, 0) is 4.79 Å². The summed E-state index contributed by atoms with van der Waals surface area (Å²) in [6.07, 6.45) is 0. The van der Waals surface area contributed by atoms with Gasteiger partial charge in [0.05, 0.1) is 5.44 Å². The van der Waals surface area contributed by atoms with Gasteiger partial charge in [-0.15, -0.1) is 12.6 Å². The molecule has 0 saturated heterocycles. The molecule has 2 atom stereocenters. The third-order valence-corrected chi connectivity index (χ3v) is 0.907. The van der Waals surface area contributed by atoms with Gasteiger partial charge in [-0.2, -0.15) is 12.6 Å². The second-order valence-corrected chi connectivity index (χ2v) is 2.87. The van der Waals surface area contributed by atoms with E-state index >= 15 is 0 Å². The Balaban J connectivity index is 0. The van der Waals surface area contributed by atoms with Crippen molar-refractivity contribution >= 4 is 31.2 Å². The smallest absolute Gasteiger partial charge is 0.321 e. The fourth-order valence-corrected chi connectivity index (χ4v) is 0.234. The molecular formula is C5H13NO3S2. The minimum absolute atomic E-state index is 0.190. The molecule has 1 unspecified atom stereocenters. The Morgan fingerprint density at radius 2 is 2.00 bits per heavy atom. The first-order valence-electron chi connectivity index (χ1n) is 2.87. The van der Waals surface area contributed by atoms with Crippen molar-refractivity contribution in [3.05, 3.63) is 0 Å². The van der Waals surface area contributed by atoms with Crippen molar-refractivity contribution in [2.45, 2.75) is 18.4 Å². The normalized spacial score (nSPS) is 14.3. The number of aliphatic hydroxyl groups is 1. The molecule has 6 heteroatoms. The van der Waals surface area contributed by atoms with E-state index in [0.29, 0.717) is 0 Å². The zero-order valence-corrected chi connectivity index (χ0v) is 7.93. The summed E-state index contributed by atoms with van der Waals surface area (Å²) in [5.41, 5.74) is 4.47. The highest BCUT2D eigenvalue weighted by Crippen LogP contribution is 1.80. The third-order valence-electron chi connectivity index (χ3n) is 0.514. The molecule has 0 aliphatic carbocycles. The standard InChI is InChI=1S/C3H7NO2S.C2H6OS/c4-2(1-7)3(5)6;1-2(3)4/h2,7H,1,4H2,(H,5,6);2-4H,1H3/t2-;/m0./s1. The quantitative estimate of drug-likeness (QED) is 0.309. The first-order valence-corrected chi connectivity index (χ1v) is 4.02. The summed E-state index contributed by atoms with van der Waals surface area (Å²) in [4.78, 5) is 9.76. The number of nitrogens with two attached hydrogens (primary N) is 1. The Bertz CT molecular complexity index is 107. The van der Waals surface area contributed by atoms with Crippen LogP contribution in [0.5, 0.6) is 0 Å². The highest BCUT2D eigenvalue weighted by Gasteiger charge is 2.06. The van der Waals surface area contributed by atoms with Crippen molar-refractivity contribution in [2.24, 2.45) is 5.73 Å². The molecule has 0 aromatic carbocycles. The van der Waals surface area contributed by atoms with Gasteiger partial charge in [0.15, 0.2) is 0 Å². The SMILES string of the molecule is CC(O)S.N[C@@H](CS)C(=O)O. The second kappa shape index (κ2) is 8.19. The Kier molecular flexibility index (Phi) is 10.2. The zero-order chi connectivity index (χ0) is 9.44. The molecule has 0 aromatic rings. The van der Waals surface area contributed by atoms with Crippen LogP contribution in [0.15, 0.2) is 0 Å². The number of rotatable bonds is 2. The van der Waals surface area contributed by atoms with Gasteiger partial charge in [0.25, 0.3) is 0 Å². The highest BCUT2D eigenvalue weighted by atomic mass is 32.1. The van der Waals surface area contributed by atoms with Gasteiger partial charge in [0, 0.05) is 5.75 Å². The van der Waals surface area contributed by atoms with Crippen LogP contribution >= 0.6 is 25.3 Å². The molecule has 4 N–H and O–H groups in total. The second-order valence-electron chi connectivity index (χ2n) is 1.76. The van der Waals surface area contributed by atoms with E-state index in [9.17, 15) is 4.79 Å². The lowest BCUT2D eigenvalue weighted by molar-refractivity contribution is -0.137. The number of hydrogen-bond donors (Lipinski definition) is 5. The number of hydrogen-bond acceptors (Lipinski definition) is 5. The Morgan fingerprint density at radius 1 is 1.73 bits per heavy atom. The van der Waals surface area contributed by atoms with E-state index in [1.165, 1.54) is 0 Å². The van der Waals surface area contributed by atoms with Gasteiger partial charge in [0.2, 0.25) is 0 Å². The fourth-order valence-electron chi connectivity index (χ4n) is 0.0781. The topological polar surface area (TPSA) is 83.5 Å². The third kappa shape index (κ3) is 17.8. The zero-order valence-electron chi connectivity index (χ0n) is 6.14. The maximum Gasteiger partial charge on any atom is 0.321 e. The number of carboxylic acids is 1. The summed E-state index contributed by atoms with van der Waals surface area (Å²) in [7, 11) is 0. The molecule has 0 radical (unpaired) electrons. The van der Waals surface area contributed by atoms with Crippen LogP contribution < -0.4 is 5.73 Å². The maximum atomic E-state index is 9.76. The molecule has 0 aliphatic heterocycles. The number of aliphatic hydroxyl groups excluding tert-OH is 1. The Labute approximate surface area is 76.6 Å². The lowest BCUT2D eigenvalue weighted by Crippen LogP contribution is -2.31. The summed E-state index contributed by atoms with van der Waals surface area (Å²) in [6, 6.07) is -0.816. The predicted octanol–water partition coefficient (Wildman–Crippen LogP) is -0.417. The van der Waals surface area contributed by atoms with Crippen LogP contribution in [-0.4, -0.2) is 33.4 Å². The molecule has 0 aliphatic rings. The van der Waals surface area contributed by atoms with Crippen molar-refractivity contribution < 1.29 is 15.0 Å². The molecule has 0 saturated carbocycles. The van der Waals surface area contributed by atoms with Crippen LogP contribution in [0.4, 0.5) is 0 Å². The maximum absolute atomic E-state index is 9.76. The van der Waals surface area contributed by atoms with Crippen LogP contribution in [0.1, 0.15) is 6.92 Å². The number of thiol groups is 2. The predicted molar refractivity (Wildman–Crippen MR) is 50.1 cm³/mol. The molecule has 0 fully saturated rings. The largest absolute Gasteiger partial charge is 0.480 e. The van der Waals surface area contributed by atoms with E-state index in [1.807, 2.05) is 0 Å². The van der Waals surface area contributed by atoms with Gasteiger partial charge < -0.3 is 15.9 Å². The van der Waals surface area contributed by atoms with Crippen LogP contribution in [0.2, 0.25) is 0 Å². The van der Waals surface area contributed by atoms with E-state index in [1.54, 1.807) is 6.92 Å². The van der Waals surface area contributed by atoms with Crippen LogP contribution in [0, 0.1) is 0 Å². The molecule has 0 aromatic heterocycles. The molecule has 0 amide bonds. The number of aliphatic carboxylic acids is 1. The minimum Gasteiger partial charge on any atom is -0.480 e. The van der Waals surface area contributed by atoms with Gasteiger partial charge in [-0.3, -0.25) is 4.79 Å². The monoisotopic (exact) mass is 199 g/mol. The summed E-state index contributed by atoms with van der Waals surface area (Å²) >= 11 is 7.17. The molecule has 0 rings (SSSR count). The highest BCUT2D eigenvalue weighted by molar-refractivity contribution is 7.80. The van der Waals surface area contributed by atoms with Crippen molar-refractivity contribution in [3.63, 3.8) is 0 Å². The number of carboxylic acid groups (broad SMARTS) is 1. The van der Waals surface area contributed by atoms with Crippen LogP contribution in [0.25, 0.3) is 0 Å². The minimum atomic E-state index is -1.00. The average molecular weight is 199 g/mol. The molecule has 0 bridgehead atoms. The molecular weight excluding hydrogens is 186 g/mol. The summed E-state index contributed by atoms with van der Waals surface area (Å²) < 4.78 is 0. The lowest BCUT2D eigenvalue weighted by atomic mass is 10.4. The average Bonchev–Trinajstić information content (AvgIpc) is 1.85. The van der Waals surface area contributed by atoms with E-state index < -0.39 is 17.4 Å². The fraction of sp³-hybridized carbons (Fsp3) is 0.800. The van der Waals surface area contributed by atoms with Crippen molar-refractivity contribution in [3.8, 4) is 0 Å². The lowest BCUT2D eigenvalue weighted by Gasteiger charge is -1.96. The number of carbonyl (C=O) groups is 1. The van der Waals surface area contributed by atoms with Crippen molar-refractivity contribution in [2.75, 3.05) is 5.75 Å². The van der Waals surface area contributed by atoms with Gasteiger partial charge in [-0.1, -0.05) is 0 Å². The van der Waals surface area contributed by atoms with E-state index in [4.69, 9.17) is 15.9 Å². The van der Waals surface area contributed by atoms with Gasteiger partial charge in [-0.25, -0.2) is 0 Å². The summed E-state index contributed by atoms with van der Waals surface area (Å²) in [5, 5.41) is 15.9. The Morgan fingerprint density at radius 3 is 2.00 bits per heavy atom. The van der Waals surface area contributed by atoms with E-state index in [-0.39, 0.29) is 5.75 Å². The van der Waals surface area contributed by atoms with Gasteiger partial charge >= 0.3 is 5.97 Å². The molecule has 68 valence electrons. The first kappa shape index (κ1) is 13.7. The summed E-state index contributed by atoms with van der Waals surface area (Å²) in [5.74, 6) is -0.815. The summed E-state index contributed by atoms with van der Waals surface area (Å²) in [6.45, 7) is 1.59.